The van der Waals surface area contributed by atoms with Crippen molar-refractivity contribution in [2.24, 2.45) is 0 Å². The van der Waals surface area contributed by atoms with Crippen molar-refractivity contribution in [3.63, 3.8) is 0 Å². The molecular weight excluding hydrogens is 228 g/mol. The molecule has 3 heteroatoms. The molecule has 0 N–H and O–H groups in total. The Bertz CT molecular complexity index is 136. The first kappa shape index (κ1) is 17.1. The van der Waals surface area contributed by atoms with Crippen molar-refractivity contribution in [3.8, 4) is 0 Å². The summed E-state index contributed by atoms with van der Waals surface area (Å²) in [5, 5.41) is 0. The van der Waals surface area contributed by atoms with E-state index in [1.807, 2.05) is 0 Å². The lowest BCUT2D eigenvalue weighted by Gasteiger charge is -2.12. The number of rotatable bonds is 13. The van der Waals surface area contributed by atoms with Gasteiger partial charge in [-0.2, -0.15) is 0 Å². The van der Waals surface area contributed by atoms with Crippen molar-refractivity contribution < 1.29 is 8.85 Å². The van der Waals surface area contributed by atoms with Crippen molar-refractivity contribution in [2.75, 3.05) is 13.2 Å². The molecule has 0 saturated heterocycles. The smallest absolute Gasteiger partial charge is 0.384 e. The summed E-state index contributed by atoms with van der Waals surface area (Å²) in [5.41, 5.74) is 0. The number of unbranched alkanes of at least 4 members (excludes halogenated alkanes) is 7. The topological polar surface area (TPSA) is 18.5 Å². The van der Waals surface area contributed by atoms with Crippen LogP contribution in [0.5, 0.6) is 0 Å². The molecule has 0 spiro atoms. The van der Waals surface area contributed by atoms with Gasteiger partial charge in [0, 0.05) is 13.2 Å². The Balaban J connectivity index is 3.23. The highest BCUT2D eigenvalue weighted by atomic mass is 28.3. The SMILES string of the molecule is CCCCCCCCCC[Si](OCC)OCC. The molecule has 0 rings (SSSR count). The second-order valence-electron chi connectivity index (χ2n) is 4.46. The van der Waals surface area contributed by atoms with Gasteiger partial charge in [0.1, 0.15) is 0 Å². The average Bonchev–Trinajstić information content (AvgIpc) is 2.33. The Hall–Kier alpha value is 0.137. The first-order chi connectivity index (χ1) is 8.35. The highest BCUT2D eigenvalue weighted by Gasteiger charge is 2.13. The molecule has 0 bridgehead atoms. The molecule has 2 nitrogen and oxygen atoms in total. The largest absolute Gasteiger partial charge is 0.394 e. The van der Waals surface area contributed by atoms with Crippen LogP contribution in [0, 0.1) is 0 Å². The summed E-state index contributed by atoms with van der Waals surface area (Å²) in [6, 6.07) is 1.15. The molecular formula is C14H31O2Si. The molecule has 0 aliphatic heterocycles. The Kier molecular flexibility index (Phi) is 14.3. The summed E-state index contributed by atoms with van der Waals surface area (Å²) in [6.45, 7) is 7.97. The first-order valence-electron chi connectivity index (χ1n) is 7.46. The van der Waals surface area contributed by atoms with E-state index >= 15 is 0 Å². The molecule has 0 fully saturated rings. The minimum Gasteiger partial charge on any atom is -0.394 e. The second kappa shape index (κ2) is 14.2. The predicted octanol–water partition coefficient (Wildman–Crippen LogP) is 4.69. The summed E-state index contributed by atoms with van der Waals surface area (Å²) in [4.78, 5) is 0. The van der Waals surface area contributed by atoms with Crippen LogP contribution in [0.25, 0.3) is 0 Å². The van der Waals surface area contributed by atoms with Gasteiger partial charge in [-0.3, -0.25) is 0 Å². The molecule has 0 aromatic heterocycles. The van der Waals surface area contributed by atoms with Gasteiger partial charge in [0.15, 0.2) is 0 Å². The van der Waals surface area contributed by atoms with Crippen molar-refractivity contribution in [1.82, 2.24) is 0 Å². The van der Waals surface area contributed by atoms with Crippen LogP contribution >= 0.6 is 0 Å². The van der Waals surface area contributed by atoms with Gasteiger partial charge in [0.25, 0.3) is 0 Å². The van der Waals surface area contributed by atoms with Crippen LogP contribution in [0.15, 0.2) is 0 Å². The van der Waals surface area contributed by atoms with Crippen LogP contribution in [-0.4, -0.2) is 22.5 Å². The molecule has 0 aliphatic rings. The zero-order valence-electron chi connectivity index (χ0n) is 12.1. The minimum absolute atomic E-state index is 0.797. The third-order valence-corrected chi connectivity index (χ3v) is 4.83. The second-order valence-corrected chi connectivity index (χ2v) is 6.28. The minimum atomic E-state index is -0.947. The van der Waals surface area contributed by atoms with Crippen LogP contribution < -0.4 is 0 Å². The lowest BCUT2D eigenvalue weighted by molar-refractivity contribution is 0.212. The van der Waals surface area contributed by atoms with Crippen LogP contribution in [0.1, 0.15) is 72.1 Å². The average molecular weight is 259 g/mol. The van der Waals surface area contributed by atoms with E-state index in [9.17, 15) is 0 Å². The molecule has 1 radical (unpaired) electrons. The fraction of sp³-hybridized carbons (Fsp3) is 1.00. The quantitative estimate of drug-likeness (QED) is 0.353. The summed E-state index contributed by atoms with van der Waals surface area (Å²) < 4.78 is 11.2. The monoisotopic (exact) mass is 259 g/mol. The van der Waals surface area contributed by atoms with E-state index in [1.54, 1.807) is 0 Å². The van der Waals surface area contributed by atoms with Crippen LogP contribution in [0.2, 0.25) is 6.04 Å². The molecule has 0 amide bonds. The normalized spacial score (nSPS) is 11.3. The van der Waals surface area contributed by atoms with Gasteiger partial charge >= 0.3 is 9.28 Å². The van der Waals surface area contributed by atoms with Crippen LogP contribution in [0.4, 0.5) is 0 Å². The molecule has 0 heterocycles. The first-order valence-corrected chi connectivity index (χ1v) is 8.98. The van der Waals surface area contributed by atoms with Crippen molar-refractivity contribution in [3.05, 3.63) is 0 Å². The fourth-order valence-corrected chi connectivity index (χ4v) is 3.47. The van der Waals surface area contributed by atoms with Crippen LogP contribution in [0.3, 0.4) is 0 Å². The zero-order valence-corrected chi connectivity index (χ0v) is 13.1. The highest BCUT2D eigenvalue weighted by Crippen LogP contribution is 2.11. The van der Waals surface area contributed by atoms with Gasteiger partial charge in [0.05, 0.1) is 0 Å². The van der Waals surface area contributed by atoms with Gasteiger partial charge in [-0.1, -0.05) is 58.3 Å². The molecule has 0 atom stereocenters. The van der Waals surface area contributed by atoms with Crippen molar-refractivity contribution in [2.45, 2.75) is 78.2 Å². The standard InChI is InChI=1S/C14H31O2Si/c1-4-7-8-9-10-11-12-13-14-17(15-5-2)16-6-3/h4-14H2,1-3H3. The highest BCUT2D eigenvalue weighted by molar-refractivity contribution is 6.44. The van der Waals surface area contributed by atoms with Gasteiger partial charge in [-0.25, -0.2) is 0 Å². The number of hydrogen-bond acceptors (Lipinski definition) is 2. The molecule has 0 aromatic rings. The lowest BCUT2D eigenvalue weighted by Crippen LogP contribution is -2.22. The molecule has 0 unspecified atom stereocenters. The lowest BCUT2D eigenvalue weighted by atomic mass is 10.1. The number of hydrogen-bond donors (Lipinski definition) is 0. The Morgan fingerprint density at radius 2 is 1.12 bits per heavy atom. The Morgan fingerprint density at radius 1 is 0.647 bits per heavy atom. The maximum Gasteiger partial charge on any atom is 0.384 e. The van der Waals surface area contributed by atoms with E-state index in [4.69, 9.17) is 8.85 Å². The van der Waals surface area contributed by atoms with Gasteiger partial charge in [-0.15, -0.1) is 0 Å². The summed E-state index contributed by atoms with van der Waals surface area (Å²) in [7, 11) is -0.947. The van der Waals surface area contributed by atoms with E-state index < -0.39 is 9.28 Å². The molecule has 0 aliphatic carbocycles. The fourth-order valence-electron chi connectivity index (χ4n) is 1.91. The van der Waals surface area contributed by atoms with Gasteiger partial charge in [-0.05, 0) is 19.9 Å². The van der Waals surface area contributed by atoms with E-state index in [-0.39, 0.29) is 0 Å². The van der Waals surface area contributed by atoms with Crippen molar-refractivity contribution >= 4 is 9.28 Å². The predicted molar refractivity (Wildman–Crippen MR) is 76.4 cm³/mol. The van der Waals surface area contributed by atoms with Gasteiger partial charge in [0.2, 0.25) is 0 Å². The Morgan fingerprint density at radius 3 is 1.59 bits per heavy atom. The van der Waals surface area contributed by atoms with Crippen molar-refractivity contribution in [1.29, 1.82) is 0 Å². The molecule has 103 valence electrons. The molecule has 0 aromatic carbocycles. The van der Waals surface area contributed by atoms with E-state index in [1.165, 1.54) is 51.4 Å². The van der Waals surface area contributed by atoms with Crippen LogP contribution in [-0.2, 0) is 8.85 Å². The summed E-state index contributed by atoms with van der Waals surface area (Å²) >= 11 is 0. The van der Waals surface area contributed by atoms with E-state index in [2.05, 4.69) is 20.8 Å². The maximum absolute atomic E-state index is 5.62. The Labute approximate surface area is 110 Å². The third-order valence-electron chi connectivity index (χ3n) is 2.85. The molecule has 17 heavy (non-hydrogen) atoms. The van der Waals surface area contributed by atoms with E-state index in [0.717, 1.165) is 19.3 Å². The van der Waals surface area contributed by atoms with Gasteiger partial charge < -0.3 is 8.85 Å². The third kappa shape index (κ3) is 12.4. The maximum atomic E-state index is 5.62. The zero-order chi connectivity index (χ0) is 12.8. The van der Waals surface area contributed by atoms with E-state index in [0.29, 0.717) is 0 Å². The summed E-state index contributed by atoms with van der Waals surface area (Å²) in [5.74, 6) is 0. The molecule has 0 saturated carbocycles. The summed E-state index contributed by atoms with van der Waals surface area (Å²) in [6.07, 6.45) is 11.0.